The summed E-state index contributed by atoms with van der Waals surface area (Å²) in [7, 11) is 0. The van der Waals surface area contributed by atoms with Crippen molar-refractivity contribution < 1.29 is 14.3 Å². The van der Waals surface area contributed by atoms with Crippen molar-refractivity contribution in [2.24, 2.45) is 0 Å². The van der Waals surface area contributed by atoms with Gasteiger partial charge < -0.3 is 15.0 Å². The van der Waals surface area contributed by atoms with Gasteiger partial charge in [0.05, 0.1) is 6.42 Å². The molecule has 1 aliphatic carbocycles. The summed E-state index contributed by atoms with van der Waals surface area (Å²) >= 11 is 0. The number of nitrogens with zero attached hydrogens (tertiary/aromatic N) is 1. The molecule has 5 rings (SSSR count). The van der Waals surface area contributed by atoms with Crippen LogP contribution in [0.15, 0.2) is 54.6 Å². The van der Waals surface area contributed by atoms with Crippen LogP contribution in [0.5, 0.6) is 5.75 Å². The third-order valence-electron chi connectivity index (χ3n) is 6.90. The largest absolute Gasteiger partial charge is 0.487 e. The van der Waals surface area contributed by atoms with Gasteiger partial charge in [0.1, 0.15) is 11.4 Å². The minimum Gasteiger partial charge on any atom is -0.487 e. The van der Waals surface area contributed by atoms with Gasteiger partial charge in [0.25, 0.3) is 0 Å². The van der Waals surface area contributed by atoms with Gasteiger partial charge in [-0.05, 0) is 36.5 Å². The van der Waals surface area contributed by atoms with E-state index in [0.717, 1.165) is 49.0 Å². The number of benzene rings is 2. The number of piperidine rings is 1. The molecule has 3 aliphatic rings. The second-order valence-electron chi connectivity index (χ2n) is 9.31. The summed E-state index contributed by atoms with van der Waals surface area (Å²) in [5.74, 6) is 1.39. The highest BCUT2D eigenvalue weighted by molar-refractivity contribution is 5.79. The van der Waals surface area contributed by atoms with Crippen molar-refractivity contribution >= 4 is 11.8 Å². The zero-order valence-corrected chi connectivity index (χ0v) is 17.9. The van der Waals surface area contributed by atoms with E-state index in [9.17, 15) is 9.59 Å². The van der Waals surface area contributed by atoms with Crippen LogP contribution < -0.4 is 10.1 Å². The van der Waals surface area contributed by atoms with Gasteiger partial charge in [0.2, 0.25) is 11.8 Å². The Kier molecular flexibility index (Phi) is 5.43. The molecule has 0 unspecified atom stereocenters. The topological polar surface area (TPSA) is 58.6 Å². The number of nitrogens with one attached hydrogen (secondary N) is 1. The average molecular weight is 419 g/mol. The molecule has 2 amide bonds. The Balaban J connectivity index is 1.25. The molecule has 1 saturated carbocycles. The molecule has 2 aromatic carbocycles. The highest BCUT2D eigenvalue weighted by Crippen LogP contribution is 2.46. The van der Waals surface area contributed by atoms with E-state index in [1.165, 1.54) is 0 Å². The van der Waals surface area contributed by atoms with Crippen LogP contribution in [-0.4, -0.2) is 41.4 Å². The quantitative estimate of drug-likeness (QED) is 0.803. The smallest absolute Gasteiger partial charge is 0.226 e. The average Bonchev–Trinajstić information content (AvgIpc) is 3.59. The number of fused-ring (bicyclic) bond motifs is 1. The van der Waals surface area contributed by atoms with E-state index in [4.69, 9.17) is 4.74 Å². The van der Waals surface area contributed by atoms with E-state index in [1.54, 1.807) is 0 Å². The van der Waals surface area contributed by atoms with Crippen LogP contribution in [0.2, 0.25) is 0 Å². The van der Waals surface area contributed by atoms with Crippen molar-refractivity contribution in [1.29, 1.82) is 0 Å². The van der Waals surface area contributed by atoms with Crippen LogP contribution >= 0.6 is 0 Å². The number of rotatable bonds is 5. The van der Waals surface area contributed by atoms with Crippen LogP contribution in [0.3, 0.4) is 0 Å². The number of hydrogen-bond donors (Lipinski definition) is 1. The molecular weight excluding hydrogens is 388 g/mol. The molecule has 1 atom stereocenters. The van der Waals surface area contributed by atoms with Gasteiger partial charge in [0.15, 0.2) is 0 Å². The van der Waals surface area contributed by atoms with Crippen molar-refractivity contribution in [3.05, 3.63) is 65.7 Å². The molecule has 5 nitrogen and oxygen atoms in total. The molecule has 2 aromatic rings. The lowest BCUT2D eigenvalue weighted by molar-refractivity contribution is -0.134. The minimum atomic E-state index is -0.289. The van der Waals surface area contributed by atoms with Crippen molar-refractivity contribution in [2.75, 3.05) is 13.1 Å². The third-order valence-corrected chi connectivity index (χ3v) is 6.90. The zero-order valence-electron chi connectivity index (χ0n) is 17.9. The molecule has 1 spiro atoms. The minimum absolute atomic E-state index is 0.148. The highest BCUT2D eigenvalue weighted by atomic mass is 16.5. The van der Waals surface area contributed by atoms with E-state index in [-0.39, 0.29) is 23.3 Å². The molecule has 2 heterocycles. The number of carbonyl (C=O) groups is 2. The Morgan fingerprint density at radius 1 is 1.00 bits per heavy atom. The number of amides is 2. The molecule has 2 aliphatic heterocycles. The standard InChI is InChI=1S/C26H30N2O3/c29-24(27-21-10-11-21)17-20-18-26(31-23-9-5-4-8-22(20)23)12-14-28(15-13-26)25(30)16-19-6-2-1-3-7-19/h1-9,20-21H,10-18H2,(H,27,29)/t20-/m0/s1. The highest BCUT2D eigenvalue weighted by Gasteiger charge is 2.44. The van der Waals surface area contributed by atoms with Crippen LogP contribution in [0, 0.1) is 0 Å². The second-order valence-corrected chi connectivity index (χ2v) is 9.31. The molecule has 2 fully saturated rings. The number of carbonyl (C=O) groups excluding carboxylic acids is 2. The maximum Gasteiger partial charge on any atom is 0.226 e. The molecular formula is C26H30N2O3. The summed E-state index contributed by atoms with van der Waals surface area (Å²) in [4.78, 5) is 27.3. The molecule has 5 heteroatoms. The molecule has 0 radical (unpaired) electrons. The summed E-state index contributed by atoms with van der Waals surface area (Å²) in [6.45, 7) is 1.41. The Morgan fingerprint density at radius 2 is 1.71 bits per heavy atom. The van der Waals surface area contributed by atoms with Gasteiger partial charge in [-0.2, -0.15) is 0 Å². The fraction of sp³-hybridized carbons (Fsp3) is 0.462. The Bertz CT molecular complexity index is 946. The summed E-state index contributed by atoms with van der Waals surface area (Å²) in [6, 6.07) is 18.4. The normalized spacial score (nSPS) is 21.8. The molecule has 0 bridgehead atoms. The number of likely N-dealkylation sites (tertiary alicyclic amines) is 1. The molecule has 1 N–H and O–H groups in total. The second kappa shape index (κ2) is 8.37. The van der Waals surface area contributed by atoms with E-state index in [0.29, 0.717) is 32.0 Å². The molecule has 1 saturated heterocycles. The number of para-hydroxylation sites is 1. The van der Waals surface area contributed by atoms with E-state index in [2.05, 4.69) is 11.4 Å². The summed E-state index contributed by atoms with van der Waals surface area (Å²) in [5.41, 5.74) is 1.90. The lowest BCUT2D eigenvalue weighted by Crippen LogP contribution is -2.52. The summed E-state index contributed by atoms with van der Waals surface area (Å²) in [5, 5.41) is 3.14. The maximum absolute atomic E-state index is 12.8. The lowest BCUT2D eigenvalue weighted by Gasteiger charge is -2.47. The van der Waals surface area contributed by atoms with Crippen LogP contribution in [-0.2, 0) is 16.0 Å². The van der Waals surface area contributed by atoms with Gasteiger partial charge in [0, 0.05) is 44.3 Å². The first kappa shape index (κ1) is 20.1. The van der Waals surface area contributed by atoms with E-state index >= 15 is 0 Å². The van der Waals surface area contributed by atoms with Gasteiger partial charge in [-0.25, -0.2) is 0 Å². The van der Waals surface area contributed by atoms with Gasteiger partial charge in [-0.1, -0.05) is 48.5 Å². The molecule has 31 heavy (non-hydrogen) atoms. The molecule has 162 valence electrons. The van der Waals surface area contributed by atoms with Gasteiger partial charge >= 0.3 is 0 Å². The van der Waals surface area contributed by atoms with Crippen molar-refractivity contribution in [3.8, 4) is 5.75 Å². The van der Waals surface area contributed by atoms with Crippen LogP contribution in [0.1, 0.15) is 55.6 Å². The van der Waals surface area contributed by atoms with Crippen molar-refractivity contribution in [2.45, 2.75) is 62.5 Å². The fourth-order valence-electron chi connectivity index (χ4n) is 5.02. The predicted molar refractivity (Wildman–Crippen MR) is 119 cm³/mol. The number of ether oxygens (including phenoxy) is 1. The Hall–Kier alpha value is -2.82. The monoisotopic (exact) mass is 418 g/mol. The Labute approximate surface area is 183 Å². The van der Waals surface area contributed by atoms with Crippen molar-refractivity contribution in [1.82, 2.24) is 10.2 Å². The first-order valence-corrected chi connectivity index (χ1v) is 11.5. The van der Waals surface area contributed by atoms with Crippen molar-refractivity contribution in [3.63, 3.8) is 0 Å². The molecule has 0 aromatic heterocycles. The van der Waals surface area contributed by atoms with Crippen LogP contribution in [0.25, 0.3) is 0 Å². The maximum atomic E-state index is 12.8. The van der Waals surface area contributed by atoms with Gasteiger partial charge in [-0.3, -0.25) is 9.59 Å². The van der Waals surface area contributed by atoms with E-state index in [1.807, 2.05) is 53.4 Å². The SMILES string of the molecule is O=C(C[C@H]1CC2(CCN(C(=O)Cc3ccccc3)CC2)Oc2ccccc21)NC1CC1. The lowest BCUT2D eigenvalue weighted by atomic mass is 9.76. The first-order valence-electron chi connectivity index (χ1n) is 11.5. The summed E-state index contributed by atoms with van der Waals surface area (Å²) < 4.78 is 6.54. The summed E-state index contributed by atoms with van der Waals surface area (Å²) in [6.07, 6.45) is 5.62. The van der Waals surface area contributed by atoms with Gasteiger partial charge in [-0.15, -0.1) is 0 Å². The Morgan fingerprint density at radius 3 is 2.45 bits per heavy atom. The predicted octanol–water partition coefficient (Wildman–Crippen LogP) is 3.83. The zero-order chi connectivity index (χ0) is 21.3. The van der Waals surface area contributed by atoms with Crippen LogP contribution in [0.4, 0.5) is 0 Å². The first-order chi connectivity index (χ1) is 15.1. The number of hydrogen-bond acceptors (Lipinski definition) is 3. The van der Waals surface area contributed by atoms with E-state index < -0.39 is 0 Å². The fourth-order valence-corrected chi connectivity index (χ4v) is 5.02. The third kappa shape index (κ3) is 4.60.